The van der Waals surface area contributed by atoms with Crippen LogP contribution in [-0.4, -0.2) is 37.2 Å². The van der Waals surface area contributed by atoms with Gasteiger partial charge in [-0.05, 0) is 46.2 Å². The standard InChI is InChI=1S/C15H29NO/c1-4-11-16(3)13-12-14(17-5-2)15(13)9-7-6-8-10-15/h13-14H,4-12H2,1-3H3/t13-,14+/m0/s1. The molecule has 2 aliphatic carbocycles. The van der Waals surface area contributed by atoms with E-state index >= 15 is 0 Å². The van der Waals surface area contributed by atoms with E-state index in [1.807, 2.05) is 0 Å². The molecule has 0 aromatic rings. The normalized spacial score (nSPS) is 31.8. The Hall–Kier alpha value is -0.0800. The quantitative estimate of drug-likeness (QED) is 0.728. The SMILES string of the molecule is CCCN(C)[C@H]1C[C@@H](OCC)C12CCCCC2. The van der Waals surface area contributed by atoms with Crippen molar-refractivity contribution in [3.63, 3.8) is 0 Å². The Bertz CT molecular complexity index is 235. The molecule has 1 spiro atoms. The lowest BCUT2D eigenvalue weighted by atomic mass is 9.54. The van der Waals surface area contributed by atoms with Crippen LogP contribution < -0.4 is 0 Å². The van der Waals surface area contributed by atoms with Crippen LogP contribution in [0.25, 0.3) is 0 Å². The zero-order valence-electron chi connectivity index (χ0n) is 11.9. The Morgan fingerprint density at radius 3 is 2.47 bits per heavy atom. The van der Waals surface area contributed by atoms with Crippen LogP contribution in [0, 0.1) is 5.41 Å². The Morgan fingerprint density at radius 2 is 1.88 bits per heavy atom. The fourth-order valence-corrected chi connectivity index (χ4v) is 4.15. The molecule has 0 aromatic carbocycles. The van der Waals surface area contributed by atoms with Gasteiger partial charge in [-0.15, -0.1) is 0 Å². The second kappa shape index (κ2) is 5.71. The summed E-state index contributed by atoms with van der Waals surface area (Å²) in [5.74, 6) is 0. The van der Waals surface area contributed by atoms with Gasteiger partial charge in [0.15, 0.2) is 0 Å². The van der Waals surface area contributed by atoms with Crippen molar-refractivity contribution < 1.29 is 4.74 Å². The highest BCUT2D eigenvalue weighted by molar-refractivity contribution is 5.09. The molecule has 2 rings (SSSR count). The van der Waals surface area contributed by atoms with Gasteiger partial charge in [0.1, 0.15) is 0 Å². The van der Waals surface area contributed by atoms with Gasteiger partial charge in [-0.25, -0.2) is 0 Å². The van der Waals surface area contributed by atoms with Gasteiger partial charge < -0.3 is 9.64 Å². The minimum Gasteiger partial charge on any atom is -0.378 e. The van der Waals surface area contributed by atoms with E-state index in [1.165, 1.54) is 51.5 Å². The van der Waals surface area contributed by atoms with Crippen LogP contribution in [0.1, 0.15) is 58.8 Å². The van der Waals surface area contributed by atoms with Crippen molar-refractivity contribution in [3.8, 4) is 0 Å². The third kappa shape index (κ3) is 2.39. The topological polar surface area (TPSA) is 12.5 Å². The largest absolute Gasteiger partial charge is 0.378 e. The van der Waals surface area contributed by atoms with Gasteiger partial charge in [-0.2, -0.15) is 0 Å². The van der Waals surface area contributed by atoms with Crippen LogP contribution in [0.3, 0.4) is 0 Å². The van der Waals surface area contributed by atoms with Gasteiger partial charge >= 0.3 is 0 Å². The van der Waals surface area contributed by atoms with E-state index in [1.54, 1.807) is 0 Å². The maximum Gasteiger partial charge on any atom is 0.0661 e. The predicted octanol–water partition coefficient (Wildman–Crippen LogP) is 3.46. The van der Waals surface area contributed by atoms with Gasteiger partial charge in [0, 0.05) is 18.1 Å². The third-order valence-electron chi connectivity index (χ3n) is 5.00. The molecule has 2 heteroatoms. The van der Waals surface area contributed by atoms with Crippen molar-refractivity contribution in [2.45, 2.75) is 70.9 Å². The van der Waals surface area contributed by atoms with Crippen LogP contribution in [0.5, 0.6) is 0 Å². The predicted molar refractivity (Wildman–Crippen MR) is 72.3 cm³/mol. The molecule has 0 heterocycles. The highest BCUT2D eigenvalue weighted by Gasteiger charge is 2.56. The first-order chi connectivity index (χ1) is 8.24. The fourth-order valence-electron chi connectivity index (χ4n) is 4.15. The molecule has 2 atom stereocenters. The Labute approximate surface area is 107 Å². The average molecular weight is 239 g/mol. The smallest absolute Gasteiger partial charge is 0.0661 e. The van der Waals surface area contributed by atoms with Crippen molar-refractivity contribution in [3.05, 3.63) is 0 Å². The zero-order chi connectivity index (χ0) is 12.3. The molecule has 0 bridgehead atoms. The molecule has 2 nitrogen and oxygen atoms in total. The summed E-state index contributed by atoms with van der Waals surface area (Å²) in [6.45, 7) is 6.55. The molecular weight excluding hydrogens is 210 g/mol. The number of hydrogen-bond donors (Lipinski definition) is 0. The summed E-state index contributed by atoms with van der Waals surface area (Å²) in [4.78, 5) is 2.60. The first-order valence-corrected chi connectivity index (χ1v) is 7.56. The zero-order valence-corrected chi connectivity index (χ0v) is 11.9. The molecule has 0 amide bonds. The molecule has 2 fully saturated rings. The van der Waals surface area contributed by atoms with Crippen LogP contribution in [0.4, 0.5) is 0 Å². The van der Waals surface area contributed by atoms with Crippen LogP contribution >= 0.6 is 0 Å². The summed E-state index contributed by atoms with van der Waals surface area (Å²) in [7, 11) is 2.31. The van der Waals surface area contributed by atoms with Gasteiger partial charge in [0.25, 0.3) is 0 Å². The lowest BCUT2D eigenvalue weighted by Gasteiger charge is -2.60. The minimum absolute atomic E-state index is 0.512. The van der Waals surface area contributed by atoms with Gasteiger partial charge in [0.2, 0.25) is 0 Å². The number of ether oxygens (including phenoxy) is 1. The van der Waals surface area contributed by atoms with E-state index in [2.05, 4.69) is 25.8 Å². The van der Waals surface area contributed by atoms with Crippen molar-refractivity contribution >= 4 is 0 Å². The van der Waals surface area contributed by atoms with E-state index in [4.69, 9.17) is 4.74 Å². The fraction of sp³-hybridized carbons (Fsp3) is 1.00. The molecule has 0 radical (unpaired) electrons. The van der Waals surface area contributed by atoms with Gasteiger partial charge in [-0.3, -0.25) is 0 Å². The van der Waals surface area contributed by atoms with Gasteiger partial charge in [0.05, 0.1) is 6.10 Å². The molecule has 0 aliphatic heterocycles. The highest BCUT2D eigenvalue weighted by atomic mass is 16.5. The van der Waals surface area contributed by atoms with E-state index in [0.717, 1.165) is 12.6 Å². The summed E-state index contributed by atoms with van der Waals surface area (Å²) >= 11 is 0. The van der Waals surface area contributed by atoms with Crippen molar-refractivity contribution in [2.75, 3.05) is 20.2 Å². The molecule has 0 unspecified atom stereocenters. The minimum atomic E-state index is 0.512. The third-order valence-corrected chi connectivity index (χ3v) is 5.00. The number of nitrogens with zero attached hydrogens (tertiary/aromatic N) is 1. The number of hydrogen-bond acceptors (Lipinski definition) is 2. The van der Waals surface area contributed by atoms with E-state index in [-0.39, 0.29) is 0 Å². The van der Waals surface area contributed by atoms with E-state index < -0.39 is 0 Å². The number of rotatable bonds is 5. The second-order valence-corrected chi connectivity index (χ2v) is 5.97. The molecular formula is C15H29NO. The summed E-state index contributed by atoms with van der Waals surface area (Å²) in [6, 6.07) is 0.791. The molecule has 17 heavy (non-hydrogen) atoms. The molecule has 0 aromatic heterocycles. The van der Waals surface area contributed by atoms with Crippen LogP contribution in [-0.2, 0) is 4.74 Å². The summed E-state index contributed by atoms with van der Waals surface area (Å²) in [5.41, 5.74) is 0.512. The maximum atomic E-state index is 6.00. The average Bonchev–Trinajstić information content (AvgIpc) is 2.35. The maximum absolute atomic E-state index is 6.00. The first-order valence-electron chi connectivity index (χ1n) is 7.56. The summed E-state index contributed by atoms with van der Waals surface area (Å²) in [5, 5.41) is 0. The molecule has 0 N–H and O–H groups in total. The first kappa shape index (κ1) is 13.4. The van der Waals surface area contributed by atoms with Crippen molar-refractivity contribution in [1.82, 2.24) is 4.90 Å². The molecule has 100 valence electrons. The highest BCUT2D eigenvalue weighted by Crippen LogP contribution is 2.55. The Kier molecular flexibility index (Phi) is 4.48. The lowest BCUT2D eigenvalue weighted by Crippen LogP contribution is -2.64. The molecule has 2 saturated carbocycles. The van der Waals surface area contributed by atoms with Crippen molar-refractivity contribution in [1.29, 1.82) is 0 Å². The molecule has 2 aliphatic rings. The summed E-state index contributed by atoms with van der Waals surface area (Å²) in [6.07, 6.45) is 10.2. The lowest BCUT2D eigenvalue weighted by molar-refractivity contribution is -0.178. The second-order valence-electron chi connectivity index (χ2n) is 5.97. The van der Waals surface area contributed by atoms with Gasteiger partial charge in [-0.1, -0.05) is 26.2 Å². The summed E-state index contributed by atoms with van der Waals surface area (Å²) < 4.78 is 6.00. The molecule has 0 saturated heterocycles. The van der Waals surface area contributed by atoms with Crippen molar-refractivity contribution in [2.24, 2.45) is 5.41 Å². The van der Waals surface area contributed by atoms with Crippen LogP contribution in [0.15, 0.2) is 0 Å². The van der Waals surface area contributed by atoms with Crippen LogP contribution in [0.2, 0.25) is 0 Å². The Balaban J connectivity index is 2.02. The van der Waals surface area contributed by atoms with E-state index in [9.17, 15) is 0 Å². The van der Waals surface area contributed by atoms with E-state index in [0.29, 0.717) is 11.5 Å². The monoisotopic (exact) mass is 239 g/mol. The Morgan fingerprint density at radius 1 is 1.18 bits per heavy atom.